The second-order valence-corrected chi connectivity index (χ2v) is 10.0. The van der Waals surface area contributed by atoms with E-state index in [1.54, 1.807) is 16.8 Å². The Hall–Kier alpha value is -3.88. The smallest absolute Gasteiger partial charge is 0.281 e. The zero-order valence-corrected chi connectivity index (χ0v) is 18.9. The Morgan fingerprint density at radius 3 is 2.50 bits per heavy atom. The van der Waals surface area contributed by atoms with Gasteiger partial charge in [0.05, 0.1) is 17.0 Å². The molecule has 0 unspecified atom stereocenters. The lowest BCUT2D eigenvalue weighted by Gasteiger charge is -2.30. The summed E-state index contributed by atoms with van der Waals surface area (Å²) in [5.41, 5.74) is 1.35. The van der Waals surface area contributed by atoms with Gasteiger partial charge in [0.15, 0.2) is 11.2 Å². The van der Waals surface area contributed by atoms with Gasteiger partial charge in [-0.2, -0.15) is 9.57 Å². The fourth-order valence-electron chi connectivity index (χ4n) is 4.23. The molecule has 1 N–H and O–H groups in total. The first-order chi connectivity index (χ1) is 16.5. The van der Waals surface area contributed by atoms with Crippen LogP contribution in [0.5, 0.6) is 0 Å². The molecule has 0 bridgehead atoms. The van der Waals surface area contributed by atoms with Crippen molar-refractivity contribution in [2.24, 2.45) is 0 Å². The van der Waals surface area contributed by atoms with Crippen molar-refractivity contribution in [1.82, 2.24) is 29.3 Å². The first kappa shape index (κ1) is 21.9. The van der Waals surface area contributed by atoms with Crippen molar-refractivity contribution in [3.63, 3.8) is 0 Å². The summed E-state index contributed by atoms with van der Waals surface area (Å²) < 4.78 is 29.2. The van der Waals surface area contributed by atoms with Crippen molar-refractivity contribution >= 4 is 21.2 Å². The van der Waals surface area contributed by atoms with Crippen molar-refractivity contribution in [3.05, 3.63) is 81.9 Å². The third kappa shape index (κ3) is 3.98. The fraction of sp³-hybridized carbons (Fsp3) is 0.261. The van der Waals surface area contributed by atoms with Crippen molar-refractivity contribution in [2.75, 3.05) is 13.1 Å². The Balaban J connectivity index is 1.38. The molecule has 34 heavy (non-hydrogen) atoms. The molecule has 4 aromatic rings. The van der Waals surface area contributed by atoms with Gasteiger partial charge in [0.25, 0.3) is 5.56 Å². The Kier molecular flexibility index (Phi) is 5.69. The van der Waals surface area contributed by atoms with Crippen LogP contribution in [0.25, 0.3) is 11.2 Å². The molecule has 10 nitrogen and oxygen atoms in total. The molecule has 0 spiro atoms. The lowest BCUT2D eigenvalue weighted by atomic mass is 9.97. The molecule has 1 aliphatic rings. The molecule has 0 radical (unpaired) electrons. The molecule has 172 valence electrons. The summed E-state index contributed by atoms with van der Waals surface area (Å²) in [6, 6.07) is 17.8. The van der Waals surface area contributed by atoms with Crippen LogP contribution in [-0.2, 0) is 16.6 Å². The van der Waals surface area contributed by atoms with Gasteiger partial charge in [0.1, 0.15) is 11.9 Å². The molecule has 0 saturated carbocycles. The van der Waals surface area contributed by atoms with Crippen LogP contribution < -0.4 is 5.56 Å². The second-order valence-electron chi connectivity index (χ2n) is 8.14. The monoisotopic (exact) mass is 475 g/mol. The van der Waals surface area contributed by atoms with E-state index in [9.17, 15) is 18.5 Å². The van der Waals surface area contributed by atoms with E-state index in [4.69, 9.17) is 0 Å². The molecule has 1 saturated heterocycles. The zero-order chi connectivity index (χ0) is 23.7. The Morgan fingerprint density at radius 1 is 1.06 bits per heavy atom. The summed E-state index contributed by atoms with van der Waals surface area (Å²) in [6.07, 6.45) is 0.977. The van der Waals surface area contributed by atoms with Gasteiger partial charge in [0, 0.05) is 19.0 Å². The molecule has 1 aliphatic heterocycles. The van der Waals surface area contributed by atoms with Gasteiger partial charge < -0.3 is 4.98 Å². The van der Waals surface area contributed by atoms with Gasteiger partial charge in [-0.3, -0.25) is 4.79 Å². The third-order valence-electron chi connectivity index (χ3n) is 6.03. The number of nitrogens with one attached hydrogen (secondary N) is 1. The topological polar surface area (TPSA) is 138 Å². The van der Waals surface area contributed by atoms with E-state index in [0.29, 0.717) is 30.9 Å². The summed E-state index contributed by atoms with van der Waals surface area (Å²) in [6.45, 7) is 0.953. The van der Waals surface area contributed by atoms with E-state index in [-0.39, 0.29) is 40.5 Å². The Bertz CT molecular complexity index is 1550. The van der Waals surface area contributed by atoms with Crippen LogP contribution in [0, 0.1) is 11.3 Å². The molecule has 5 rings (SSSR count). The first-order valence-electron chi connectivity index (χ1n) is 10.8. The van der Waals surface area contributed by atoms with Crippen LogP contribution in [0.15, 0.2) is 64.3 Å². The third-order valence-corrected chi connectivity index (χ3v) is 7.99. The first-order valence-corrected chi connectivity index (χ1v) is 12.3. The lowest BCUT2D eigenvalue weighted by molar-refractivity contribution is 0.313. The van der Waals surface area contributed by atoms with Gasteiger partial charge in [-0.05, 0) is 30.5 Å². The number of nitriles is 1. The average molecular weight is 476 g/mol. The van der Waals surface area contributed by atoms with Gasteiger partial charge in [-0.15, -0.1) is 5.10 Å². The maximum Gasteiger partial charge on any atom is 0.281 e. The van der Waals surface area contributed by atoms with Crippen LogP contribution in [-0.4, -0.2) is 50.8 Å². The highest BCUT2D eigenvalue weighted by Gasteiger charge is 2.32. The second kappa shape index (κ2) is 8.81. The van der Waals surface area contributed by atoms with Crippen LogP contribution in [0.3, 0.4) is 0 Å². The molecule has 1 fully saturated rings. The van der Waals surface area contributed by atoms with Crippen LogP contribution in [0.4, 0.5) is 0 Å². The standard InChI is InChI=1S/C23H21N7O3S/c24-14-18-8-4-5-9-19(18)34(32,33)29-12-10-17(11-13-29)21-25-22-20(23(31)26-21)27-28-30(22)15-16-6-2-1-3-7-16/h1-9,17H,10-13,15H2,(H,25,26,31). The number of benzene rings is 2. The molecule has 0 amide bonds. The Morgan fingerprint density at radius 2 is 1.76 bits per heavy atom. The number of hydrogen-bond acceptors (Lipinski definition) is 7. The van der Waals surface area contributed by atoms with Crippen LogP contribution >= 0.6 is 0 Å². The summed E-state index contributed by atoms with van der Waals surface area (Å²) >= 11 is 0. The van der Waals surface area contributed by atoms with E-state index in [1.807, 2.05) is 36.4 Å². The molecule has 3 heterocycles. The fourth-order valence-corrected chi connectivity index (χ4v) is 5.84. The average Bonchev–Trinajstić information content (AvgIpc) is 3.28. The zero-order valence-electron chi connectivity index (χ0n) is 18.1. The molecule has 2 aromatic heterocycles. The number of rotatable bonds is 5. The van der Waals surface area contributed by atoms with E-state index < -0.39 is 10.0 Å². The lowest BCUT2D eigenvalue weighted by Crippen LogP contribution is -2.38. The highest BCUT2D eigenvalue weighted by atomic mass is 32.2. The summed E-state index contributed by atoms with van der Waals surface area (Å²) in [7, 11) is -3.79. The molecular weight excluding hydrogens is 454 g/mol. The van der Waals surface area contributed by atoms with E-state index in [0.717, 1.165) is 5.56 Å². The number of piperidine rings is 1. The van der Waals surface area contributed by atoms with Gasteiger partial charge in [-0.1, -0.05) is 47.7 Å². The van der Waals surface area contributed by atoms with Crippen molar-refractivity contribution < 1.29 is 8.42 Å². The molecular formula is C23H21N7O3S. The van der Waals surface area contributed by atoms with E-state index >= 15 is 0 Å². The van der Waals surface area contributed by atoms with Gasteiger partial charge in [-0.25, -0.2) is 18.1 Å². The summed E-state index contributed by atoms with van der Waals surface area (Å²) in [4.78, 5) is 20.1. The Labute approximate surface area is 195 Å². The number of aromatic amines is 1. The highest BCUT2D eigenvalue weighted by molar-refractivity contribution is 7.89. The van der Waals surface area contributed by atoms with E-state index in [2.05, 4.69) is 20.3 Å². The van der Waals surface area contributed by atoms with Crippen LogP contribution in [0.2, 0.25) is 0 Å². The van der Waals surface area contributed by atoms with Gasteiger partial charge in [0.2, 0.25) is 10.0 Å². The SMILES string of the molecule is N#Cc1ccccc1S(=O)(=O)N1CCC(c2nc3c(nnn3Cc3ccccc3)c(=O)[nH]2)CC1. The van der Waals surface area contributed by atoms with Crippen molar-refractivity contribution in [3.8, 4) is 6.07 Å². The maximum atomic E-state index is 13.1. The molecule has 0 aliphatic carbocycles. The number of nitrogens with zero attached hydrogens (tertiary/aromatic N) is 6. The van der Waals surface area contributed by atoms with Crippen molar-refractivity contribution in [2.45, 2.75) is 30.2 Å². The minimum atomic E-state index is -3.79. The normalized spacial score (nSPS) is 15.4. The number of H-pyrrole nitrogens is 1. The summed E-state index contributed by atoms with van der Waals surface area (Å²) in [5.74, 6) is 0.387. The largest absolute Gasteiger partial charge is 0.308 e. The quantitative estimate of drug-likeness (QED) is 0.466. The van der Waals surface area contributed by atoms with E-state index in [1.165, 1.54) is 16.4 Å². The van der Waals surface area contributed by atoms with Gasteiger partial charge >= 0.3 is 0 Å². The minimum absolute atomic E-state index is 0.0137. The van der Waals surface area contributed by atoms with Crippen LogP contribution in [0.1, 0.15) is 35.7 Å². The number of aromatic nitrogens is 5. The predicted molar refractivity (Wildman–Crippen MR) is 123 cm³/mol. The number of hydrogen-bond donors (Lipinski definition) is 1. The molecule has 0 atom stereocenters. The number of sulfonamides is 1. The highest BCUT2D eigenvalue weighted by Crippen LogP contribution is 2.30. The number of fused-ring (bicyclic) bond motifs is 1. The predicted octanol–water partition coefficient (Wildman–Crippen LogP) is 2.00. The molecule has 2 aromatic carbocycles. The maximum absolute atomic E-state index is 13.1. The minimum Gasteiger partial charge on any atom is -0.308 e. The molecule has 11 heteroatoms. The van der Waals surface area contributed by atoms with Crippen molar-refractivity contribution in [1.29, 1.82) is 5.26 Å². The summed E-state index contributed by atoms with van der Waals surface area (Å²) in [5, 5.41) is 17.4.